The Kier molecular flexibility index (Phi) is 6.84. The van der Waals surface area contributed by atoms with Gasteiger partial charge in [0.05, 0.1) is 19.3 Å². The number of ether oxygens (including phenoxy) is 1. The summed E-state index contributed by atoms with van der Waals surface area (Å²) < 4.78 is 7.14. The zero-order chi connectivity index (χ0) is 24.1. The minimum Gasteiger partial charge on any atom is -0.497 e. The van der Waals surface area contributed by atoms with Gasteiger partial charge in [-0.15, -0.1) is 0 Å². The van der Waals surface area contributed by atoms with Crippen LogP contribution in [0.2, 0.25) is 5.02 Å². The first-order chi connectivity index (χ1) is 16.5. The van der Waals surface area contributed by atoms with E-state index in [2.05, 4.69) is 15.4 Å². The number of hydrogen-bond donors (Lipinski definition) is 1. The van der Waals surface area contributed by atoms with Crippen LogP contribution in [0.25, 0.3) is 5.69 Å². The second-order valence-corrected chi connectivity index (χ2v) is 7.74. The van der Waals surface area contributed by atoms with Gasteiger partial charge in [-0.3, -0.25) is 19.1 Å². The van der Waals surface area contributed by atoms with E-state index >= 15 is 0 Å². The molecule has 1 N–H and O–H groups in total. The maximum Gasteiger partial charge on any atom is 0.352 e. The third-order valence-corrected chi connectivity index (χ3v) is 5.23. The van der Waals surface area contributed by atoms with Crippen molar-refractivity contribution in [2.24, 2.45) is 0 Å². The molecule has 0 saturated carbocycles. The van der Waals surface area contributed by atoms with Gasteiger partial charge in [-0.05, 0) is 53.6 Å². The first-order valence-electron chi connectivity index (χ1n) is 10.3. The smallest absolute Gasteiger partial charge is 0.352 e. The first kappa shape index (κ1) is 22.9. The molecule has 0 atom stereocenters. The van der Waals surface area contributed by atoms with Gasteiger partial charge in [0.25, 0.3) is 11.5 Å². The van der Waals surface area contributed by atoms with E-state index < -0.39 is 22.9 Å². The van der Waals surface area contributed by atoms with E-state index in [1.807, 2.05) is 0 Å². The van der Waals surface area contributed by atoms with Gasteiger partial charge in [0, 0.05) is 24.0 Å². The van der Waals surface area contributed by atoms with Crippen LogP contribution in [-0.2, 0) is 13.1 Å². The molecule has 0 unspecified atom stereocenters. The Morgan fingerprint density at radius 2 is 1.82 bits per heavy atom. The van der Waals surface area contributed by atoms with Crippen LogP contribution in [0.4, 0.5) is 0 Å². The minimum atomic E-state index is -0.807. The molecule has 0 bridgehead atoms. The number of halogens is 1. The summed E-state index contributed by atoms with van der Waals surface area (Å²) in [6.45, 7) is 0.0591. The second kappa shape index (κ2) is 10.1. The van der Waals surface area contributed by atoms with E-state index in [-0.39, 0.29) is 13.1 Å². The van der Waals surface area contributed by atoms with Crippen LogP contribution in [0.5, 0.6) is 5.75 Å². The maximum absolute atomic E-state index is 13.2. The molecular weight excluding hydrogens is 458 g/mol. The second-order valence-electron chi connectivity index (χ2n) is 7.31. The summed E-state index contributed by atoms with van der Waals surface area (Å²) in [5.41, 5.74) is -0.176. The lowest BCUT2D eigenvalue weighted by Gasteiger charge is -2.13. The molecule has 0 aliphatic carbocycles. The van der Waals surface area contributed by atoms with Crippen LogP contribution in [0, 0.1) is 0 Å². The van der Waals surface area contributed by atoms with Crippen molar-refractivity contribution in [2.45, 2.75) is 13.1 Å². The summed E-state index contributed by atoms with van der Waals surface area (Å²) in [5, 5.41) is 7.23. The standard InChI is InChI=1S/C24H20ClN5O4/c1-34-20-9-7-19(8-10-20)30-24(33)29(15-16-4-2-6-18(25)12-16)23(32)21(28-30)22(31)27-14-17-5-3-11-26-13-17/h2-13H,14-15H2,1H3,(H,27,31). The highest BCUT2D eigenvalue weighted by molar-refractivity contribution is 6.30. The molecule has 172 valence electrons. The Labute approximate surface area is 199 Å². The fraction of sp³-hybridized carbons (Fsp3) is 0.125. The van der Waals surface area contributed by atoms with Crippen LogP contribution in [0.3, 0.4) is 0 Å². The number of benzene rings is 2. The normalized spacial score (nSPS) is 10.6. The fourth-order valence-electron chi connectivity index (χ4n) is 3.27. The molecule has 2 aromatic carbocycles. The monoisotopic (exact) mass is 477 g/mol. The van der Waals surface area contributed by atoms with Crippen LogP contribution >= 0.6 is 11.6 Å². The largest absolute Gasteiger partial charge is 0.497 e. The van der Waals surface area contributed by atoms with Crippen molar-refractivity contribution >= 4 is 17.5 Å². The number of aromatic nitrogens is 4. The number of carbonyl (C=O) groups excluding carboxylic acids is 1. The molecule has 4 aromatic rings. The summed E-state index contributed by atoms with van der Waals surface area (Å²) in [6, 6.07) is 16.8. The molecule has 0 spiro atoms. The van der Waals surface area contributed by atoms with E-state index in [9.17, 15) is 14.4 Å². The molecule has 1 amide bonds. The van der Waals surface area contributed by atoms with Gasteiger partial charge in [-0.2, -0.15) is 9.78 Å². The number of hydrogen-bond acceptors (Lipinski definition) is 6. The average molecular weight is 478 g/mol. The predicted molar refractivity (Wildman–Crippen MR) is 127 cm³/mol. The van der Waals surface area contributed by atoms with Crippen molar-refractivity contribution in [1.29, 1.82) is 0 Å². The number of methoxy groups -OCH3 is 1. The van der Waals surface area contributed by atoms with Gasteiger partial charge in [-0.25, -0.2) is 4.79 Å². The van der Waals surface area contributed by atoms with Crippen molar-refractivity contribution in [2.75, 3.05) is 7.11 Å². The molecule has 9 nitrogen and oxygen atoms in total. The Morgan fingerprint density at radius 1 is 1.06 bits per heavy atom. The summed E-state index contributed by atoms with van der Waals surface area (Å²) in [7, 11) is 1.52. The third-order valence-electron chi connectivity index (χ3n) is 5.00. The van der Waals surface area contributed by atoms with Gasteiger partial charge in [-0.1, -0.05) is 29.8 Å². The van der Waals surface area contributed by atoms with Crippen molar-refractivity contribution < 1.29 is 9.53 Å². The molecule has 34 heavy (non-hydrogen) atoms. The zero-order valence-corrected chi connectivity index (χ0v) is 18.9. The third kappa shape index (κ3) is 5.05. The molecule has 0 saturated heterocycles. The summed E-state index contributed by atoms with van der Waals surface area (Å²) in [4.78, 5) is 43.4. The van der Waals surface area contributed by atoms with E-state index in [1.54, 1.807) is 73.1 Å². The van der Waals surface area contributed by atoms with Gasteiger partial charge >= 0.3 is 5.69 Å². The van der Waals surface area contributed by atoms with Crippen LogP contribution < -0.4 is 21.3 Å². The van der Waals surface area contributed by atoms with E-state index in [1.165, 1.54) is 7.11 Å². The lowest BCUT2D eigenvalue weighted by molar-refractivity contribution is 0.0941. The van der Waals surface area contributed by atoms with Gasteiger partial charge in [0.15, 0.2) is 0 Å². The van der Waals surface area contributed by atoms with Gasteiger partial charge in [0.1, 0.15) is 5.75 Å². The van der Waals surface area contributed by atoms with Crippen LogP contribution in [-0.4, -0.2) is 32.3 Å². The quantitative estimate of drug-likeness (QED) is 0.438. The van der Waals surface area contributed by atoms with Gasteiger partial charge in [0.2, 0.25) is 5.69 Å². The predicted octanol–water partition coefficient (Wildman–Crippen LogP) is 2.43. The highest BCUT2D eigenvalue weighted by Gasteiger charge is 2.20. The Balaban J connectivity index is 1.78. The summed E-state index contributed by atoms with van der Waals surface area (Å²) in [6.07, 6.45) is 3.22. The first-order valence-corrected chi connectivity index (χ1v) is 10.6. The molecule has 0 aliphatic rings. The summed E-state index contributed by atoms with van der Waals surface area (Å²) in [5.74, 6) is -0.130. The number of nitrogens with one attached hydrogen (secondary N) is 1. The summed E-state index contributed by atoms with van der Waals surface area (Å²) >= 11 is 6.06. The minimum absolute atomic E-state index is 0.0835. The molecule has 2 aromatic heterocycles. The SMILES string of the molecule is COc1ccc(-n2nc(C(=O)NCc3cccnc3)c(=O)n(Cc3cccc(Cl)c3)c2=O)cc1. The number of rotatable bonds is 7. The average Bonchev–Trinajstić information content (AvgIpc) is 2.86. The zero-order valence-electron chi connectivity index (χ0n) is 18.1. The molecule has 0 radical (unpaired) electrons. The molecule has 4 rings (SSSR count). The van der Waals surface area contributed by atoms with Crippen LogP contribution in [0.1, 0.15) is 21.6 Å². The fourth-order valence-corrected chi connectivity index (χ4v) is 3.49. The Morgan fingerprint density at radius 3 is 2.50 bits per heavy atom. The van der Waals surface area contributed by atoms with Crippen molar-refractivity contribution in [3.63, 3.8) is 0 Å². The van der Waals surface area contributed by atoms with Crippen LogP contribution in [0.15, 0.2) is 82.6 Å². The lowest BCUT2D eigenvalue weighted by atomic mass is 10.2. The van der Waals surface area contributed by atoms with E-state index in [0.717, 1.165) is 14.8 Å². The molecule has 0 aliphatic heterocycles. The topological polar surface area (TPSA) is 108 Å². The Bertz CT molecular complexity index is 1430. The van der Waals surface area contributed by atoms with Crippen molar-refractivity contribution in [3.8, 4) is 11.4 Å². The lowest BCUT2D eigenvalue weighted by Crippen LogP contribution is -2.46. The van der Waals surface area contributed by atoms with E-state index in [4.69, 9.17) is 16.3 Å². The number of nitrogens with zero attached hydrogens (tertiary/aromatic N) is 4. The maximum atomic E-state index is 13.2. The number of pyridine rings is 1. The van der Waals surface area contributed by atoms with E-state index in [0.29, 0.717) is 22.0 Å². The highest BCUT2D eigenvalue weighted by atomic mass is 35.5. The highest BCUT2D eigenvalue weighted by Crippen LogP contribution is 2.14. The Hall–Kier alpha value is -4.24. The van der Waals surface area contributed by atoms with Crippen molar-refractivity contribution in [1.82, 2.24) is 24.6 Å². The van der Waals surface area contributed by atoms with Crippen molar-refractivity contribution in [3.05, 3.63) is 116 Å². The number of amides is 1. The molecule has 10 heteroatoms. The van der Waals surface area contributed by atoms with Gasteiger partial charge < -0.3 is 10.1 Å². The molecular formula is C24H20ClN5O4. The molecule has 0 fully saturated rings. The molecule has 2 heterocycles. The number of carbonyl (C=O) groups is 1.